The smallest absolute Gasteiger partial charge is 0.245 e. The summed E-state index contributed by atoms with van der Waals surface area (Å²) in [5.74, 6) is -2.88. The van der Waals surface area contributed by atoms with Crippen LogP contribution in [0, 0.1) is 0 Å². The minimum atomic E-state index is -1.34. The van der Waals surface area contributed by atoms with Crippen molar-refractivity contribution >= 4 is 73.3 Å². The molecule has 0 fully saturated rings. The number of nitrogens with zero attached hydrogens (tertiary/aromatic N) is 1. The zero-order valence-electron chi connectivity index (χ0n) is 27.6. The third kappa shape index (κ3) is 13.2. The molecule has 0 saturated carbocycles. The Morgan fingerprint density at radius 2 is 1.50 bits per heavy atom. The molecular formula is C31H50Cl4N8O7. The molecule has 1 heterocycles. The monoisotopic (exact) mass is 786 g/mol. The van der Waals surface area contributed by atoms with Gasteiger partial charge in [0.25, 0.3) is 0 Å². The number of fused-ring (bicyclic) bond motifs is 5. The van der Waals surface area contributed by atoms with E-state index in [9.17, 15) is 34.5 Å². The first-order chi connectivity index (χ1) is 21.9. The van der Waals surface area contributed by atoms with Crippen LogP contribution in [0.4, 0.5) is 0 Å². The standard InChI is InChI=1S/C31H46N8O7.4ClH/c1-39-25(30(45)37-23(3-2-8-32)29(44)36-10-9-33)14-20-12-18(5-7-27(20)42)17-4-6-26(41)19(11-17)13-22(35)28(43)38-24(31(39)46)15-21(40)16-34;;;;/h4-7,11-12,21-25,40-42H,2-3,8-10,13-16,32-35H2,1H3,(H,36,44)(H,37,45)(H,38,43);4*1H/t21-,22+,23+,24+,25+;;;;/m1..../s1. The molecule has 0 unspecified atom stereocenters. The lowest BCUT2D eigenvalue weighted by Crippen LogP contribution is -2.59. The molecule has 19 heteroatoms. The number of aromatic hydroxyl groups is 2. The lowest BCUT2D eigenvalue weighted by Gasteiger charge is -2.33. The molecule has 2 aromatic carbocycles. The number of phenolic OH excluding ortho intramolecular Hbond substituents is 2. The number of amides is 4. The van der Waals surface area contributed by atoms with Crippen molar-refractivity contribution in [2.45, 2.75) is 62.4 Å². The summed E-state index contributed by atoms with van der Waals surface area (Å²) in [6.07, 6.45) is -1.09. The fourth-order valence-corrected chi connectivity index (χ4v) is 5.25. The summed E-state index contributed by atoms with van der Waals surface area (Å²) < 4.78 is 0. The van der Waals surface area contributed by atoms with Gasteiger partial charge >= 0.3 is 0 Å². The fourth-order valence-electron chi connectivity index (χ4n) is 5.25. The van der Waals surface area contributed by atoms with Crippen molar-refractivity contribution in [1.29, 1.82) is 0 Å². The molecular weight excluding hydrogens is 738 g/mol. The molecule has 0 spiro atoms. The van der Waals surface area contributed by atoms with Crippen LogP contribution in [0.1, 0.15) is 30.4 Å². The second-order valence-electron chi connectivity index (χ2n) is 11.4. The maximum absolute atomic E-state index is 14.0. The predicted molar refractivity (Wildman–Crippen MR) is 200 cm³/mol. The molecule has 14 N–H and O–H groups in total. The number of rotatable bonds is 11. The van der Waals surface area contributed by atoms with E-state index >= 15 is 0 Å². The van der Waals surface area contributed by atoms with Gasteiger partial charge in [0.2, 0.25) is 23.6 Å². The Bertz CT molecular complexity index is 1410. The van der Waals surface area contributed by atoms with Crippen molar-refractivity contribution in [3.8, 4) is 22.6 Å². The topological polar surface area (TPSA) is 272 Å². The second-order valence-corrected chi connectivity index (χ2v) is 11.4. The molecule has 0 saturated heterocycles. The van der Waals surface area contributed by atoms with Gasteiger partial charge in [-0.1, -0.05) is 12.1 Å². The normalized spacial score (nSPS) is 18.5. The number of hydrogen-bond acceptors (Lipinski definition) is 11. The van der Waals surface area contributed by atoms with Gasteiger partial charge in [0.15, 0.2) is 0 Å². The van der Waals surface area contributed by atoms with Crippen molar-refractivity contribution in [2.24, 2.45) is 22.9 Å². The summed E-state index contributed by atoms with van der Waals surface area (Å²) in [6.45, 7) is 0.432. The Labute approximate surface area is 316 Å². The summed E-state index contributed by atoms with van der Waals surface area (Å²) >= 11 is 0. The number of carbonyl (C=O) groups is 4. The van der Waals surface area contributed by atoms with Crippen molar-refractivity contribution in [2.75, 3.05) is 33.2 Å². The number of likely N-dealkylation sites (N-methyl/N-ethyl adjacent to an activating group) is 1. The van der Waals surface area contributed by atoms with Gasteiger partial charge in [-0.05, 0) is 65.9 Å². The van der Waals surface area contributed by atoms with Crippen LogP contribution in [-0.2, 0) is 32.0 Å². The zero-order valence-corrected chi connectivity index (χ0v) is 30.8. The quantitative estimate of drug-likeness (QED) is 0.135. The molecule has 15 nitrogen and oxygen atoms in total. The van der Waals surface area contributed by atoms with Crippen molar-refractivity contribution in [1.82, 2.24) is 20.9 Å². The molecule has 3 rings (SSSR count). The molecule has 1 aliphatic heterocycles. The highest BCUT2D eigenvalue weighted by atomic mass is 35.5. The summed E-state index contributed by atoms with van der Waals surface area (Å²) in [7, 11) is 1.35. The number of aliphatic hydroxyl groups excluding tert-OH is 1. The zero-order chi connectivity index (χ0) is 34.0. The van der Waals surface area contributed by atoms with E-state index in [2.05, 4.69) is 16.0 Å². The first-order valence-electron chi connectivity index (χ1n) is 15.2. The molecule has 0 aliphatic carbocycles. The fraction of sp³-hybridized carbons (Fsp3) is 0.484. The minimum absolute atomic E-state index is 0. The van der Waals surface area contributed by atoms with Crippen LogP contribution in [0.25, 0.3) is 11.1 Å². The van der Waals surface area contributed by atoms with E-state index in [1.807, 2.05) is 0 Å². The first kappa shape index (κ1) is 49.0. The number of nitrogens with one attached hydrogen (secondary N) is 3. The third-order valence-electron chi connectivity index (χ3n) is 7.97. The van der Waals surface area contributed by atoms with Gasteiger partial charge in [0.1, 0.15) is 29.6 Å². The van der Waals surface area contributed by atoms with Gasteiger partial charge in [-0.3, -0.25) is 19.2 Å². The van der Waals surface area contributed by atoms with Gasteiger partial charge in [-0.25, -0.2) is 0 Å². The van der Waals surface area contributed by atoms with Crippen LogP contribution in [0.5, 0.6) is 11.5 Å². The third-order valence-corrected chi connectivity index (χ3v) is 7.97. The number of aliphatic hydroxyl groups is 1. The average Bonchev–Trinajstić information content (AvgIpc) is 3.04. The van der Waals surface area contributed by atoms with E-state index in [0.29, 0.717) is 28.7 Å². The van der Waals surface area contributed by atoms with Crippen molar-refractivity contribution in [3.05, 3.63) is 47.5 Å². The largest absolute Gasteiger partial charge is 0.508 e. The van der Waals surface area contributed by atoms with Gasteiger partial charge in [-0.2, -0.15) is 0 Å². The highest BCUT2D eigenvalue weighted by molar-refractivity contribution is 5.95. The number of phenols is 2. The summed E-state index contributed by atoms with van der Waals surface area (Å²) in [4.78, 5) is 55.2. The first-order valence-corrected chi connectivity index (χ1v) is 15.2. The van der Waals surface area contributed by atoms with Crippen LogP contribution in [0.15, 0.2) is 36.4 Å². The highest BCUT2D eigenvalue weighted by Crippen LogP contribution is 2.31. The number of halogens is 4. The Morgan fingerprint density at radius 1 is 0.940 bits per heavy atom. The average molecular weight is 789 g/mol. The summed E-state index contributed by atoms with van der Waals surface area (Å²) in [6, 6.07) is 4.72. The lowest BCUT2D eigenvalue weighted by molar-refractivity contribution is -0.143. The molecule has 284 valence electrons. The van der Waals surface area contributed by atoms with E-state index in [-0.39, 0.29) is 113 Å². The van der Waals surface area contributed by atoms with E-state index < -0.39 is 53.9 Å². The maximum atomic E-state index is 14.0. The van der Waals surface area contributed by atoms with E-state index in [1.165, 1.54) is 19.2 Å². The van der Waals surface area contributed by atoms with Crippen LogP contribution in [-0.4, -0.2) is 107 Å². The van der Waals surface area contributed by atoms with E-state index in [4.69, 9.17) is 22.9 Å². The molecule has 0 radical (unpaired) electrons. The number of carbonyl (C=O) groups excluding carboxylic acids is 4. The van der Waals surface area contributed by atoms with Crippen molar-refractivity contribution in [3.63, 3.8) is 0 Å². The predicted octanol–water partition coefficient (Wildman–Crippen LogP) is -0.802. The number of nitrogens with two attached hydrogens (primary N) is 4. The molecule has 50 heavy (non-hydrogen) atoms. The lowest BCUT2D eigenvalue weighted by atomic mass is 9.95. The van der Waals surface area contributed by atoms with E-state index in [1.54, 1.807) is 24.3 Å². The number of benzene rings is 2. The van der Waals surface area contributed by atoms with Gasteiger partial charge in [0.05, 0.1) is 12.1 Å². The Hall–Kier alpha value is -3.12. The molecule has 4 bridgehead atoms. The second kappa shape index (κ2) is 23.4. The molecule has 4 amide bonds. The summed E-state index contributed by atoms with van der Waals surface area (Å²) in [5, 5.41) is 39.7. The molecule has 5 atom stereocenters. The van der Waals surface area contributed by atoms with Crippen LogP contribution in [0.3, 0.4) is 0 Å². The van der Waals surface area contributed by atoms with Crippen LogP contribution < -0.4 is 38.9 Å². The highest BCUT2D eigenvalue weighted by Gasteiger charge is 2.36. The SMILES string of the molecule is CN1C(=O)[C@H](C[C@@H](O)CN)NC(=O)[C@@H](N)Cc2cc(ccc2O)-c2ccc(O)c(c2)C[C@H]1C(=O)N[C@@H](CCCN)C(=O)NCCN.Cl.Cl.Cl.Cl. The van der Waals surface area contributed by atoms with Crippen molar-refractivity contribution < 1.29 is 34.5 Å². The van der Waals surface area contributed by atoms with Gasteiger partial charge < -0.3 is 59.1 Å². The van der Waals surface area contributed by atoms with Gasteiger partial charge in [-0.15, -0.1) is 49.6 Å². The summed E-state index contributed by atoms with van der Waals surface area (Å²) in [5.41, 5.74) is 25.0. The number of hydrogen-bond donors (Lipinski definition) is 10. The molecule has 0 aromatic heterocycles. The van der Waals surface area contributed by atoms with Gasteiger partial charge in [0, 0.05) is 45.9 Å². The minimum Gasteiger partial charge on any atom is -0.508 e. The Kier molecular flexibility index (Phi) is 22.9. The molecule has 1 aliphatic rings. The Morgan fingerprint density at radius 3 is 2.02 bits per heavy atom. The molecule has 2 aromatic rings. The Balaban J connectivity index is 0. The van der Waals surface area contributed by atoms with Crippen LogP contribution >= 0.6 is 49.6 Å². The maximum Gasteiger partial charge on any atom is 0.245 e. The van der Waals surface area contributed by atoms with E-state index in [0.717, 1.165) is 4.90 Å². The van der Waals surface area contributed by atoms with Crippen LogP contribution in [0.2, 0.25) is 0 Å².